The predicted molar refractivity (Wildman–Crippen MR) is 66.7 cm³/mol. The topological polar surface area (TPSA) is 69.1 Å². The number of alkyl halides is 4. The van der Waals surface area contributed by atoms with Crippen LogP contribution in [0.1, 0.15) is 17.9 Å². The van der Waals surface area contributed by atoms with Gasteiger partial charge in [-0.05, 0) is 5.56 Å². The Balaban J connectivity index is 3.08. The third-order valence-corrected chi connectivity index (χ3v) is 3.23. The number of carbonyl (C=O) groups excluding carboxylic acids is 1. The lowest BCUT2D eigenvalue weighted by molar-refractivity contribution is -0.137. The van der Waals surface area contributed by atoms with E-state index in [-0.39, 0.29) is 6.42 Å². The highest BCUT2D eigenvalue weighted by Gasteiger charge is 2.46. The van der Waals surface area contributed by atoms with Gasteiger partial charge in [0, 0.05) is 18.4 Å². The molecule has 3 atom stereocenters. The molecule has 1 aromatic rings. The minimum atomic E-state index is -4.61. The zero-order valence-corrected chi connectivity index (χ0v) is 10.7. The van der Waals surface area contributed by atoms with Crippen LogP contribution in [0.4, 0.5) is 13.2 Å². The molecule has 0 saturated carbocycles. The van der Waals surface area contributed by atoms with Crippen molar-refractivity contribution in [1.29, 1.82) is 0 Å². The van der Waals surface area contributed by atoms with Crippen LogP contribution in [0.15, 0.2) is 30.3 Å². The summed E-state index contributed by atoms with van der Waals surface area (Å²) in [5, 5.41) is -2.18. The number of rotatable bonds is 5. The molecular weight excluding hydrogens is 281 g/mol. The molecule has 0 aliphatic heterocycles. The summed E-state index contributed by atoms with van der Waals surface area (Å²) in [6.07, 6.45) is -4.98. The zero-order chi connectivity index (χ0) is 14.6. The van der Waals surface area contributed by atoms with E-state index in [1.165, 1.54) is 12.1 Å². The van der Waals surface area contributed by atoms with E-state index in [2.05, 4.69) is 0 Å². The molecule has 0 radical (unpaired) electrons. The minimum Gasteiger partial charge on any atom is -0.370 e. The van der Waals surface area contributed by atoms with Crippen LogP contribution in [0, 0.1) is 0 Å². The molecule has 106 valence electrons. The van der Waals surface area contributed by atoms with E-state index in [0.717, 1.165) is 0 Å². The van der Waals surface area contributed by atoms with Crippen LogP contribution >= 0.6 is 11.6 Å². The lowest BCUT2D eigenvalue weighted by atomic mass is 9.86. The van der Waals surface area contributed by atoms with Crippen molar-refractivity contribution < 1.29 is 18.0 Å². The monoisotopic (exact) mass is 294 g/mol. The highest BCUT2D eigenvalue weighted by atomic mass is 35.5. The Kier molecular flexibility index (Phi) is 5.20. The van der Waals surface area contributed by atoms with E-state index in [9.17, 15) is 18.0 Å². The molecule has 19 heavy (non-hydrogen) atoms. The summed E-state index contributed by atoms with van der Waals surface area (Å²) in [6.45, 7) is 0. The Bertz CT molecular complexity index is 425. The van der Waals surface area contributed by atoms with E-state index in [0.29, 0.717) is 5.56 Å². The Hall–Kier alpha value is -1.27. The SMILES string of the molecule is NC(=O)CC(N)C(c1ccccc1)C(Cl)C(F)(F)F. The van der Waals surface area contributed by atoms with Crippen molar-refractivity contribution in [1.82, 2.24) is 0 Å². The van der Waals surface area contributed by atoms with Crippen LogP contribution in [0.3, 0.4) is 0 Å². The smallest absolute Gasteiger partial charge is 0.370 e. The van der Waals surface area contributed by atoms with Gasteiger partial charge in [-0.3, -0.25) is 4.79 Å². The van der Waals surface area contributed by atoms with Gasteiger partial charge in [-0.2, -0.15) is 13.2 Å². The lowest BCUT2D eigenvalue weighted by Crippen LogP contribution is -2.42. The highest BCUT2D eigenvalue weighted by Crippen LogP contribution is 2.38. The molecule has 3 nitrogen and oxygen atoms in total. The standard InChI is InChI=1S/C12H14ClF3N2O/c13-11(12(14,15)16)10(8(17)6-9(18)19)7-4-2-1-3-5-7/h1-5,8,10-11H,6,17H2,(H2,18,19). The van der Waals surface area contributed by atoms with Gasteiger partial charge < -0.3 is 11.5 Å². The number of amides is 1. The Labute approximate surface area is 113 Å². The number of hydrogen-bond donors (Lipinski definition) is 2. The van der Waals surface area contributed by atoms with Crippen molar-refractivity contribution in [2.45, 2.75) is 29.9 Å². The number of carbonyl (C=O) groups is 1. The molecule has 0 spiro atoms. The number of halogens is 4. The number of nitrogens with two attached hydrogens (primary N) is 2. The highest BCUT2D eigenvalue weighted by molar-refractivity contribution is 6.21. The summed E-state index contributed by atoms with van der Waals surface area (Å²) >= 11 is 5.48. The Morgan fingerprint density at radius 2 is 1.79 bits per heavy atom. The van der Waals surface area contributed by atoms with Gasteiger partial charge in [0.15, 0.2) is 0 Å². The summed E-state index contributed by atoms with van der Waals surface area (Å²) < 4.78 is 38.3. The normalized spacial score (nSPS) is 16.7. The molecule has 0 aromatic heterocycles. The largest absolute Gasteiger partial charge is 0.405 e. The first-order valence-electron chi connectivity index (χ1n) is 5.53. The van der Waals surface area contributed by atoms with Gasteiger partial charge in [-0.25, -0.2) is 0 Å². The Morgan fingerprint density at radius 3 is 2.21 bits per heavy atom. The van der Waals surface area contributed by atoms with Crippen LogP contribution < -0.4 is 11.5 Å². The molecule has 1 aromatic carbocycles. The maximum Gasteiger partial charge on any atom is 0.405 e. The minimum absolute atomic E-state index is 0.327. The third-order valence-electron chi connectivity index (χ3n) is 2.71. The van der Waals surface area contributed by atoms with Crippen LogP contribution in [0.25, 0.3) is 0 Å². The van der Waals surface area contributed by atoms with Gasteiger partial charge in [-0.15, -0.1) is 11.6 Å². The quantitative estimate of drug-likeness (QED) is 0.817. The van der Waals surface area contributed by atoms with E-state index in [4.69, 9.17) is 23.1 Å². The molecule has 3 unspecified atom stereocenters. The van der Waals surface area contributed by atoms with E-state index >= 15 is 0 Å². The first-order chi connectivity index (χ1) is 8.73. The molecule has 0 heterocycles. The summed E-state index contributed by atoms with van der Waals surface area (Å²) in [4.78, 5) is 10.8. The maximum atomic E-state index is 12.8. The van der Waals surface area contributed by atoms with E-state index in [1.807, 2.05) is 0 Å². The first kappa shape index (κ1) is 15.8. The first-order valence-corrected chi connectivity index (χ1v) is 5.96. The Morgan fingerprint density at radius 1 is 1.26 bits per heavy atom. The van der Waals surface area contributed by atoms with Crippen LogP contribution in [0.5, 0.6) is 0 Å². The van der Waals surface area contributed by atoms with Crippen molar-refractivity contribution in [3.63, 3.8) is 0 Å². The predicted octanol–water partition coefficient (Wildman–Crippen LogP) is 2.14. The third kappa shape index (κ3) is 4.40. The molecular formula is C12H14ClF3N2O. The molecule has 0 fully saturated rings. The van der Waals surface area contributed by atoms with Crippen molar-refractivity contribution in [3.05, 3.63) is 35.9 Å². The lowest BCUT2D eigenvalue weighted by Gasteiger charge is -2.29. The number of hydrogen-bond acceptors (Lipinski definition) is 2. The molecule has 1 amide bonds. The van der Waals surface area contributed by atoms with E-state index in [1.54, 1.807) is 18.2 Å². The number of benzene rings is 1. The second-order valence-electron chi connectivity index (χ2n) is 4.21. The summed E-state index contributed by atoms with van der Waals surface area (Å²) in [5.41, 5.74) is 11.0. The van der Waals surface area contributed by atoms with Crippen LogP contribution in [-0.4, -0.2) is 23.5 Å². The molecule has 0 aliphatic carbocycles. The second kappa shape index (κ2) is 6.25. The van der Waals surface area contributed by atoms with Gasteiger partial charge in [0.1, 0.15) is 5.38 Å². The second-order valence-corrected chi connectivity index (χ2v) is 4.68. The molecule has 1 rings (SSSR count). The van der Waals surface area contributed by atoms with Crippen LogP contribution in [0.2, 0.25) is 0 Å². The average Bonchev–Trinajstić information content (AvgIpc) is 2.28. The maximum absolute atomic E-state index is 12.8. The average molecular weight is 295 g/mol. The van der Waals surface area contributed by atoms with Gasteiger partial charge >= 0.3 is 6.18 Å². The summed E-state index contributed by atoms with van der Waals surface area (Å²) in [6, 6.07) is 6.72. The molecule has 0 saturated heterocycles. The molecule has 0 bridgehead atoms. The molecule has 7 heteroatoms. The van der Waals surface area contributed by atoms with E-state index < -0.39 is 29.4 Å². The number of primary amides is 1. The fraction of sp³-hybridized carbons (Fsp3) is 0.417. The summed E-state index contributed by atoms with van der Waals surface area (Å²) in [5.74, 6) is -1.99. The van der Waals surface area contributed by atoms with Gasteiger partial charge in [0.05, 0.1) is 0 Å². The van der Waals surface area contributed by atoms with Gasteiger partial charge in [-0.1, -0.05) is 30.3 Å². The van der Waals surface area contributed by atoms with Crippen LogP contribution in [-0.2, 0) is 4.79 Å². The van der Waals surface area contributed by atoms with Gasteiger partial charge in [0.25, 0.3) is 0 Å². The van der Waals surface area contributed by atoms with Gasteiger partial charge in [0.2, 0.25) is 5.91 Å². The van der Waals surface area contributed by atoms with Crippen molar-refractivity contribution >= 4 is 17.5 Å². The molecule has 4 N–H and O–H groups in total. The van der Waals surface area contributed by atoms with Crippen molar-refractivity contribution in [2.75, 3.05) is 0 Å². The fourth-order valence-corrected chi connectivity index (χ4v) is 2.20. The van der Waals surface area contributed by atoms with Crippen molar-refractivity contribution in [2.24, 2.45) is 11.5 Å². The summed E-state index contributed by atoms with van der Waals surface area (Å²) in [7, 11) is 0. The van der Waals surface area contributed by atoms with Crippen molar-refractivity contribution in [3.8, 4) is 0 Å². The molecule has 0 aliphatic rings. The zero-order valence-electron chi connectivity index (χ0n) is 9.90. The fourth-order valence-electron chi connectivity index (χ4n) is 1.87.